The molecular weight excluding hydrogens is 250 g/mol. The van der Waals surface area contributed by atoms with Crippen LogP contribution in [-0.4, -0.2) is 16.5 Å². The molecule has 20 heavy (non-hydrogen) atoms. The van der Waals surface area contributed by atoms with Crippen molar-refractivity contribution in [3.8, 4) is 5.69 Å². The van der Waals surface area contributed by atoms with E-state index < -0.39 is 6.04 Å². The summed E-state index contributed by atoms with van der Waals surface area (Å²) in [5.41, 5.74) is 7.65. The van der Waals surface area contributed by atoms with Crippen molar-refractivity contribution in [1.29, 1.82) is 0 Å². The molecule has 0 aliphatic heterocycles. The van der Waals surface area contributed by atoms with Gasteiger partial charge in [-0.25, -0.2) is 0 Å². The van der Waals surface area contributed by atoms with E-state index in [-0.39, 0.29) is 5.91 Å². The SMILES string of the molecule is CCCC[C@H](N)C(=O)Nc1cccc(-n2cccc2)c1. The third-order valence-corrected chi connectivity index (χ3v) is 3.22. The van der Waals surface area contributed by atoms with E-state index in [0.717, 1.165) is 30.6 Å². The highest BCUT2D eigenvalue weighted by Crippen LogP contribution is 2.15. The van der Waals surface area contributed by atoms with Crippen LogP contribution in [0.3, 0.4) is 0 Å². The van der Waals surface area contributed by atoms with Crippen molar-refractivity contribution in [3.63, 3.8) is 0 Å². The predicted molar refractivity (Wildman–Crippen MR) is 81.9 cm³/mol. The summed E-state index contributed by atoms with van der Waals surface area (Å²) in [6.07, 6.45) is 6.67. The average Bonchev–Trinajstić information content (AvgIpc) is 2.99. The molecule has 2 aromatic rings. The lowest BCUT2D eigenvalue weighted by molar-refractivity contribution is -0.117. The second kappa shape index (κ2) is 6.91. The molecule has 0 spiro atoms. The zero-order valence-electron chi connectivity index (χ0n) is 11.8. The number of unbranched alkanes of at least 4 members (excludes halogenated alkanes) is 1. The number of benzene rings is 1. The summed E-state index contributed by atoms with van der Waals surface area (Å²) in [5, 5.41) is 2.88. The molecule has 0 aliphatic rings. The number of carbonyl (C=O) groups is 1. The Bertz CT molecular complexity index is 549. The molecule has 106 valence electrons. The van der Waals surface area contributed by atoms with E-state index in [1.807, 2.05) is 53.4 Å². The van der Waals surface area contributed by atoms with Crippen LogP contribution in [0.25, 0.3) is 5.69 Å². The molecule has 0 fully saturated rings. The van der Waals surface area contributed by atoms with Gasteiger partial charge in [-0.1, -0.05) is 25.8 Å². The summed E-state index contributed by atoms with van der Waals surface area (Å²) in [6.45, 7) is 2.09. The Balaban J connectivity index is 2.03. The van der Waals surface area contributed by atoms with Gasteiger partial charge in [-0.3, -0.25) is 4.79 Å². The molecule has 0 unspecified atom stereocenters. The van der Waals surface area contributed by atoms with Crippen LogP contribution in [0.2, 0.25) is 0 Å². The topological polar surface area (TPSA) is 60.1 Å². The van der Waals surface area contributed by atoms with Crippen molar-refractivity contribution >= 4 is 11.6 Å². The highest BCUT2D eigenvalue weighted by Gasteiger charge is 2.12. The zero-order valence-corrected chi connectivity index (χ0v) is 11.8. The van der Waals surface area contributed by atoms with Gasteiger partial charge in [0.05, 0.1) is 6.04 Å². The van der Waals surface area contributed by atoms with Gasteiger partial charge in [-0.15, -0.1) is 0 Å². The molecule has 0 saturated carbocycles. The van der Waals surface area contributed by atoms with Crippen molar-refractivity contribution in [2.24, 2.45) is 5.73 Å². The van der Waals surface area contributed by atoms with Crippen LogP contribution in [0.4, 0.5) is 5.69 Å². The molecule has 0 bridgehead atoms. The quantitative estimate of drug-likeness (QED) is 0.848. The predicted octanol–water partition coefficient (Wildman–Crippen LogP) is 2.93. The number of aromatic nitrogens is 1. The highest BCUT2D eigenvalue weighted by atomic mass is 16.2. The van der Waals surface area contributed by atoms with Gasteiger partial charge in [0.25, 0.3) is 0 Å². The number of nitrogens with one attached hydrogen (secondary N) is 1. The van der Waals surface area contributed by atoms with Crippen molar-refractivity contribution in [1.82, 2.24) is 4.57 Å². The Kier molecular flexibility index (Phi) is 4.96. The van der Waals surface area contributed by atoms with E-state index in [0.29, 0.717) is 0 Å². The first-order valence-electron chi connectivity index (χ1n) is 7.00. The molecule has 1 aromatic carbocycles. The molecule has 1 atom stereocenters. The van der Waals surface area contributed by atoms with Crippen LogP contribution in [0, 0.1) is 0 Å². The maximum atomic E-state index is 12.0. The Morgan fingerprint density at radius 2 is 2.05 bits per heavy atom. The Hall–Kier alpha value is -2.07. The summed E-state index contributed by atoms with van der Waals surface area (Å²) >= 11 is 0. The van der Waals surface area contributed by atoms with Crippen molar-refractivity contribution in [2.75, 3.05) is 5.32 Å². The average molecular weight is 271 g/mol. The standard InChI is InChI=1S/C16H21N3O/c1-2-3-9-15(17)16(20)18-13-7-6-8-14(12-13)19-10-4-5-11-19/h4-8,10-12,15H,2-3,9,17H2,1H3,(H,18,20)/t15-/m0/s1. The van der Waals surface area contributed by atoms with Gasteiger partial charge >= 0.3 is 0 Å². The Morgan fingerprint density at radius 3 is 2.75 bits per heavy atom. The van der Waals surface area contributed by atoms with Gasteiger partial charge in [0.15, 0.2) is 0 Å². The molecule has 4 nitrogen and oxygen atoms in total. The van der Waals surface area contributed by atoms with Gasteiger partial charge in [0.2, 0.25) is 5.91 Å². The molecule has 1 heterocycles. The van der Waals surface area contributed by atoms with Gasteiger partial charge < -0.3 is 15.6 Å². The molecule has 1 aromatic heterocycles. The van der Waals surface area contributed by atoms with Crippen molar-refractivity contribution in [2.45, 2.75) is 32.2 Å². The van der Waals surface area contributed by atoms with Crippen LogP contribution in [0.15, 0.2) is 48.8 Å². The van der Waals surface area contributed by atoms with E-state index in [4.69, 9.17) is 5.73 Å². The lowest BCUT2D eigenvalue weighted by atomic mass is 10.1. The number of nitrogens with two attached hydrogens (primary N) is 1. The normalized spacial score (nSPS) is 12.1. The fourth-order valence-electron chi connectivity index (χ4n) is 2.04. The summed E-state index contributed by atoms with van der Waals surface area (Å²) in [7, 11) is 0. The minimum atomic E-state index is -0.440. The maximum absolute atomic E-state index is 12.0. The lowest BCUT2D eigenvalue weighted by Crippen LogP contribution is -2.35. The first kappa shape index (κ1) is 14.3. The van der Waals surface area contributed by atoms with Crippen LogP contribution in [0.1, 0.15) is 26.2 Å². The fraction of sp³-hybridized carbons (Fsp3) is 0.312. The van der Waals surface area contributed by atoms with Crippen LogP contribution < -0.4 is 11.1 Å². The summed E-state index contributed by atoms with van der Waals surface area (Å²) in [4.78, 5) is 12.0. The zero-order chi connectivity index (χ0) is 14.4. The molecule has 1 amide bonds. The Labute approximate surface area is 119 Å². The first-order valence-corrected chi connectivity index (χ1v) is 7.00. The highest BCUT2D eigenvalue weighted by molar-refractivity contribution is 5.94. The maximum Gasteiger partial charge on any atom is 0.241 e. The smallest absolute Gasteiger partial charge is 0.241 e. The summed E-state index contributed by atoms with van der Waals surface area (Å²) in [5.74, 6) is -0.122. The molecular formula is C16H21N3O. The van der Waals surface area contributed by atoms with Gasteiger partial charge in [0.1, 0.15) is 0 Å². The number of nitrogens with zero attached hydrogens (tertiary/aromatic N) is 1. The van der Waals surface area contributed by atoms with Gasteiger partial charge in [-0.2, -0.15) is 0 Å². The molecule has 2 rings (SSSR count). The van der Waals surface area contributed by atoms with Crippen molar-refractivity contribution < 1.29 is 4.79 Å². The third-order valence-electron chi connectivity index (χ3n) is 3.22. The first-order chi connectivity index (χ1) is 9.70. The molecule has 0 radical (unpaired) electrons. The van der Waals surface area contributed by atoms with Crippen LogP contribution in [0.5, 0.6) is 0 Å². The fourth-order valence-corrected chi connectivity index (χ4v) is 2.04. The minimum absolute atomic E-state index is 0.122. The van der Waals surface area contributed by atoms with Crippen molar-refractivity contribution in [3.05, 3.63) is 48.8 Å². The van der Waals surface area contributed by atoms with Gasteiger partial charge in [-0.05, 0) is 36.8 Å². The minimum Gasteiger partial charge on any atom is -0.325 e. The van der Waals surface area contributed by atoms with E-state index in [9.17, 15) is 4.79 Å². The number of carbonyl (C=O) groups excluding carboxylic acids is 1. The van der Waals surface area contributed by atoms with E-state index in [1.54, 1.807) is 0 Å². The molecule has 0 aliphatic carbocycles. The number of anilines is 1. The number of hydrogen-bond donors (Lipinski definition) is 2. The van der Waals surface area contributed by atoms with Crippen LogP contribution in [-0.2, 0) is 4.79 Å². The third kappa shape index (κ3) is 3.71. The number of hydrogen-bond acceptors (Lipinski definition) is 2. The van der Waals surface area contributed by atoms with Gasteiger partial charge in [0, 0.05) is 23.8 Å². The summed E-state index contributed by atoms with van der Waals surface area (Å²) < 4.78 is 1.99. The largest absolute Gasteiger partial charge is 0.325 e. The molecule has 0 saturated heterocycles. The van der Waals surface area contributed by atoms with E-state index >= 15 is 0 Å². The second-order valence-corrected chi connectivity index (χ2v) is 4.88. The monoisotopic (exact) mass is 271 g/mol. The molecule has 4 heteroatoms. The lowest BCUT2D eigenvalue weighted by Gasteiger charge is -2.12. The van der Waals surface area contributed by atoms with E-state index in [2.05, 4.69) is 12.2 Å². The molecule has 3 N–H and O–H groups in total. The summed E-state index contributed by atoms with van der Waals surface area (Å²) in [6, 6.07) is 11.2. The van der Waals surface area contributed by atoms with E-state index in [1.165, 1.54) is 0 Å². The number of amides is 1. The number of rotatable bonds is 6. The van der Waals surface area contributed by atoms with Crippen LogP contribution >= 0.6 is 0 Å². The Morgan fingerprint density at radius 1 is 1.30 bits per heavy atom. The second-order valence-electron chi connectivity index (χ2n) is 4.88.